The summed E-state index contributed by atoms with van der Waals surface area (Å²) in [7, 11) is 3.64. The topological polar surface area (TPSA) is 54.0 Å². The van der Waals surface area contributed by atoms with Crippen LogP contribution in [0.2, 0.25) is 0 Å². The molecule has 0 aliphatic heterocycles. The molecule has 5 nitrogen and oxygen atoms in total. The van der Waals surface area contributed by atoms with Crippen molar-refractivity contribution in [2.24, 2.45) is 0 Å². The van der Waals surface area contributed by atoms with E-state index < -0.39 is 18.8 Å². The molecule has 8 heteroatoms. The van der Waals surface area contributed by atoms with E-state index in [2.05, 4.69) is 9.47 Å². The quantitative estimate of drug-likeness (QED) is 0.781. The second-order valence-electron chi connectivity index (χ2n) is 3.61. The minimum atomic E-state index is -4.50. The standard InChI is InChI=1S/C12H13F3O5/c1-17-8-4-7(11(16)19-3)5-9(18-2)10(8)20-6-12(13,14)15/h4-5H,6H2,1-3H3. The lowest BCUT2D eigenvalue weighted by Gasteiger charge is -2.16. The van der Waals surface area contributed by atoms with Crippen LogP contribution in [0.4, 0.5) is 13.2 Å². The molecule has 0 aliphatic carbocycles. The van der Waals surface area contributed by atoms with Crippen LogP contribution in [0.3, 0.4) is 0 Å². The summed E-state index contributed by atoms with van der Waals surface area (Å²) in [4.78, 5) is 11.4. The summed E-state index contributed by atoms with van der Waals surface area (Å²) in [5, 5.41) is 0. The van der Waals surface area contributed by atoms with Gasteiger partial charge in [-0.3, -0.25) is 0 Å². The van der Waals surface area contributed by atoms with Crippen molar-refractivity contribution >= 4 is 5.97 Å². The number of carbonyl (C=O) groups excluding carboxylic acids is 1. The third-order valence-electron chi connectivity index (χ3n) is 2.26. The first-order valence-electron chi connectivity index (χ1n) is 5.36. The van der Waals surface area contributed by atoms with Gasteiger partial charge in [0.25, 0.3) is 0 Å². The molecule has 1 rings (SSSR count). The Balaban J connectivity index is 3.18. The van der Waals surface area contributed by atoms with Crippen LogP contribution >= 0.6 is 0 Å². The van der Waals surface area contributed by atoms with Crippen LogP contribution in [0.5, 0.6) is 17.2 Å². The van der Waals surface area contributed by atoms with Crippen LogP contribution in [0.15, 0.2) is 12.1 Å². The third-order valence-corrected chi connectivity index (χ3v) is 2.26. The Morgan fingerprint density at radius 3 is 1.95 bits per heavy atom. The van der Waals surface area contributed by atoms with Crippen LogP contribution < -0.4 is 14.2 Å². The SMILES string of the molecule is COC(=O)c1cc(OC)c(OCC(F)(F)F)c(OC)c1. The van der Waals surface area contributed by atoms with Crippen molar-refractivity contribution in [1.29, 1.82) is 0 Å². The van der Waals surface area contributed by atoms with Crippen molar-refractivity contribution in [3.63, 3.8) is 0 Å². The predicted octanol–water partition coefficient (Wildman–Crippen LogP) is 2.43. The van der Waals surface area contributed by atoms with Crippen molar-refractivity contribution < 1.29 is 36.9 Å². The van der Waals surface area contributed by atoms with Crippen LogP contribution in [0.1, 0.15) is 10.4 Å². The minimum absolute atomic E-state index is 0.0611. The van der Waals surface area contributed by atoms with Gasteiger partial charge in [0.1, 0.15) is 0 Å². The molecule has 0 saturated carbocycles. The highest BCUT2D eigenvalue weighted by molar-refractivity contribution is 5.91. The molecule has 0 bridgehead atoms. The molecule has 0 atom stereocenters. The molecular formula is C12H13F3O5. The van der Waals surface area contributed by atoms with Crippen molar-refractivity contribution in [3.8, 4) is 17.2 Å². The van der Waals surface area contributed by atoms with Crippen LogP contribution in [-0.4, -0.2) is 40.1 Å². The van der Waals surface area contributed by atoms with Crippen molar-refractivity contribution in [1.82, 2.24) is 0 Å². The molecule has 0 heterocycles. The van der Waals surface area contributed by atoms with E-state index in [4.69, 9.17) is 9.47 Å². The first-order chi connectivity index (χ1) is 9.32. The number of rotatable bonds is 5. The highest BCUT2D eigenvalue weighted by atomic mass is 19.4. The Labute approximate surface area is 113 Å². The van der Waals surface area contributed by atoms with E-state index in [0.29, 0.717) is 0 Å². The van der Waals surface area contributed by atoms with Gasteiger partial charge in [-0.2, -0.15) is 13.2 Å². The molecule has 0 fully saturated rings. The highest BCUT2D eigenvalue weighted by Gasteiger charge is 2.30. The molecule has 0 saturated heterocycles. The van der Waals surface area contributed by atoms with Gasteiger partial charge in [0.15, 0.2) is 18.1 Å². The predicted molar refractivity (Wildman–Crippen MR) is 62.4 cm³/mol. The van der Waals surface area contributed by atoms with E-state index >= 15 is 0 Å². The summed E-state index contributed by atoms with van der Waals surface area (Å²) in [5.41, 5.74) is 0.0700. The average molecular weight is 294 g/mol. The monoisotopic (exact) mass is 294 g/mol. The smallest absolute Gasteiger partial charge is 0.422 e. The maximum absolute atomic E-state index is 12.2. The molecule has 1 aromatic carbocycles. The number of hydrogen-bond acceptors (Lipinski definition) is 5. The largest absolute Gasteiger partial charge is 0.493 e. The average Bonchev–Trinajstić information content (AvgIpc) is 2.42. The van der Waals surface area contributed by atoms with Crippen LogP contribution in [-0.2, 0) is 4.74 Å². The minimum Gasteiger partial charge on any atom is -0.493 e. The number of alkyl halides is 3. The lowest BCUT2D eigenvalue weighted by molar-refractivity contribution is -0.153. The number of carbonyl (C=O) groups is 1. The zero-order valence-electron chi connectivity index (χ0n) is 11.0. The van der Waals surface area contributed by atoms with E-state index in [1.807, 2.05) is 0 Å². The summed E-state index contributed by atoms with van der Waals surface area (Å²) in [5.74, 6) is -1.04. The van der Waals surface area contributed by atoms with E-state index in [1.54, 1.807) is 0 Å². The summed E-state index contributed by atoms with van der Waals surface area (Å²) in [6, 6.07) is 2.42. The number of benzene rings is 1. The zero-order valence-corrected chi connectivity index (χ0v) is 11.0. The van der Waals surface area contributed by atoms with E-state index in [1.165, 1.54) is 33.5 Å². The van der Waals surface area contributed by atoms with Gasteiger partial charge in [-0.1, -0.05) is 0 Å². The Bertz CT molecular complexity index is 459. The lowest BCUT2D eigenvalue weighted by Crippen LogP contribution is -2.20. The molecule has 0 unspecified atom stereocenters. The molecular weight excluding hydrogens is 281 g/mol. The first kappa shape index (κ1) is 15.9. The molecule has 0 radical (unpaired) electrons. The fourth-order valence-corrected chi connectivity index (χ4v) is 1.41. The number of esters is 1. The molecule has 20 heavy (non-hydrogen) atoms. The maximum Gasteiger partial charge on any atom is 0.422 e. The number of hydrogen-bond donors (Lipinski definition) is 0. The molecule has 1 aromatic rings. The second kappa shape index (κ2) is 6.36. The van der Waals surface area contributed by atoms with Crippen LogP contribution in [0.25, 0.3) is 0 Å². The highest BCUT2D eigenvalue weighted by Crippen LogP contribution is 2.39. The van der Waals surface area contributed by atoms with Gasteiger partial charge in [0.2, 0.25) is 5.75 Å². The molecule has 0 aliphatic rings. The summed E-state index contributed by atoms with van der Waals surface area (Å²) in [6.45, 7) is -1.50. The van der Waals surface area contributed by atoms with E-state index in [9.17, 15) is 18.0 Å². The van der Waals surface area contributed by atoms with Gasteiger partial charge in [-0.05, 0) is 12.1 Å². The van der Waals surface area contributed by atoms with E-state index in [-0.39, 0.29) is 22.8 Å². The van der Waals surface area contributed by atoms with Gasteiger partial charge in [-0.15, -0.1) is 0 Å². The van der Waals surface area contributed by atoms with Crippen molar-refractivity contribution in [2.45, 2.75) is 6.18 Å². The van der Waals surface area contributed by atoms with Gasteiger partial charge in [0, 0.05) is 0 Å². The van der Waals surface area contributed by atoms with E-state index in [0.717, 1.165) is 0 Å². The second-order valence-corrected chi connectivity index (χ2v) is 3.61. The third kappa shape index (κ3) is 3.94. The molecule has 0 aromatic heterocycles. The Kier molecular flexibility index (Phi) is 5.06. The normalized spacial score (nSPS) is 10.9. The summed E-state index contributed by atoms with van der Waals surface area (Å²) >= 11 is 0. The maximum atomic E-state index is 12.2. The molecule has 0 N–H and O–H groups in total. The van der Waals surface area contributed by atoms with Crippen molar-refractivity contribution in [2.75, 3.05) is 27.9 Å². The van der Waals surface area contributed by atoms with Gasteiger partial charge in [0.05, 0.1) is 26.9 Å². The Morgan fingerprint density at radius 2 is 1.60 bits per heavy atom. The van der Waals surface area contributed by atoms with Crippen molar-refractivity contribution in [3.05, 3.63) is 17.7 Å². The number of halogens is 3. The van der Waals surface area contributed by atoms with Gasteiger partial charge >= 0.3 is 12.1 Å². The number of ether oxygens (including phenoxy) is 4. The molecule has 0 amide bonds. The summed E-state index contributed by atoms with van der Waals surface area (Å²) in [6.07, 6.45) is -4.50. The number of methoxy groups -OCH3 is 3. The Hall–Kier alpha value is -2.12. The van der Waals surface area contributed by atoms with Crippen LogP contribution in [0, 0.1) is 0 Å². The van der Waals surface area contributed by atoms with Gasteiger partial charge in [-0.25, -0.2) is 4.79 Å². The lowest BCUT2D eigenvalue weighted by atomic mass is 10.2. The fourth-order valence-electron chi connectivity index (χ4n) is 1.41. The summed E-state index contributed by atoms with van der Waals surface area (Å²) < 4.78 is 55.6. The Morgan fingerprint density at radius 1 is 1.10 bits per heavy atom. The first-order valence-corrected chi connectivity index (χ1v) is 5.36. The van der Waals surface area contributed by atoms with Gasteiger partial charge < -0.3 is 18.9 Å². The molecule has 0 spiro atoms. The zero-order chi connectivity index (χ0) is 15.3. The fraction of sp³-hybridized carbons (Fsp3) is 0.417. The molecule has 112 valence electrons.